The number of aromatic nitrogens is 1. The van der Waals surface area contributed by atoms with Crippen LogP contribution in [0.3, 0.4) is 0 Å². The van der Waals surface area contributed by atoms with E-state index in [0.29, 0.717) is 34.7 Å². The number of halogens is 2. The Hall–Kier alpha value is -2.31. The fourth-order valence-electron chi connectivity index (χ4n) is 3.72. The maximum absolute atomic E-state index is 12.8. The first kappa shape index (κ1) is 20.9. The van der Waals surface area contributed by atoms with Crippen molar-refractivity contribution in [3.63, 3.8) is 0 Å². The Morgan fingerprint density at radius 3 is 2.43 bits per heavy atom. The summed E-state index contributed by atoms with van der Waals surface area (Å²) in [5.41, 5.74) is 1.80. The van der Waals surface area contributed by atoms with Crippen LogP contribution in [0.25, 0.3) is 11.1 Å². The average molecular weight is 448 g/mol. The molecule has 158 valence electrons. The van der Waals surface area contributed by atoms with Gasteiger partial charge in [-0.3, -0.25) is 14.5 Å². The summed E-state index contributed by atoms with van der Waals surface area (Å²) in [4.78, 5) is 33.0. The Balaban J connectivity index is 1.55. The summed E-state index contributed by atoms with van der Waals surface area (Å²) in [5, 5.41) is 1.03. The van der Waals surface area contributed by atoms with Crippen LogP contribution in [-0.4, -0.2) is 47.9 Å². The topological polar surface area (TPSA) is 62.7 Å². The number of fused-ring (bicyclic) bond motifs is 1. The molecule has 2 aliphatic rings. The van der Waals surface area contributed by atoms with Crippen LogP contribution in [0.2, 0.25) is 10.0 Å². The summed E-state index contributed by atoms with van der Waals surface area (Å²) < 4.78 is 5.60. The number of carbonyl (C=O) groups excluding carboxylic acids is 2. The van der Waals surface area contributed by atoms with Gasteiger partial charge >= 0.3 is 0 Å². The third-order valence-corrected chi connectivity index (χ3v) is 6.14. The van der Waals surface area contributed by atoms with E-state index in [-0.39, 0.29) is 30.4 Å². The molecular formula is C22H23Cl2N3O3. The van der Waals surface area contributed by atoms with Crippen molar-refractivity contribution in [1.82, 2.24) is 9.88 Å². The van der Waals surface area contributed by atoms with E-state index < -0.39 is 0 Å². The SMILES string of the molecule is CC1(C)CCN(C(=O)CN2C(=O)COc3cc(-c4cc(Cl)cc(Cl)c4)cnc32)CC1. The zero-order valence-electron chi connectivity index (χ0n) is 17.0. The molecular weight excluding hydrogens is 425 g/mol. The highest BCUT2D eigenvalue weighted by Crippen LogP contribution is 2.36. The van der Waals surface area contributed by atoms with Gasteiger partial charge in [0.25, 0.3) is 5.91 Å². The second-order valence-corrected chi connectivity index (χ2v) is 9.39. The van der Waals surface area contributed by atoms with Crippen molar-refractivity contribution >= 4 is 40.8 Å². The number of hydrogen-bond acceptors (Lipinski definition) is 4. The van der Waals surface area contributed by atoms with E-state index in [4.69, 9.17) is 27.9 Å². The van der Waals surface area contributed by atoms with E-state index in [2.05, 4.69) is 18.8 Å². The van der Waals surface area contributed by atoms with Crippen molar-refractivity contribution in [3.8, 4) is 16.9 Å². The number of anilines is 1. The lowest BCUT2D eigenvalue weighted by molar-refractivity contribution is -0.133. The van der Waals surface area contributed by atoms with Gasteiger partial charge in [0.05, 0.1) is 0 Å². The predicted molar refractivity (Wildman–Crippen MR) is 117 cm³/mol. The smallest absolute Gasteiger partial charge is 0.266 e. The van der Waals surface area contributed by atoms with Gasteiger partial charge in [0, 0.05) is 34.9 Å². The van der Waals surface area contributed by atoms with Crippen molar-refractivity contribution in [2.24, 2.45) is 5.41 Å². The highest BCUT2D eigenvalue weighted by molar-refractivity contribution is 6.35. The van der Waals surface area contributed by atoms with E-state index >= 15 is 0 Å². The average Bonchev–Trinajstić information content (AvgIpc) is 2.69. The van der Waals surface area contributed by atoms with Crippen LogP contribution >= 0.6 is 23.2 Å². The molecule has 1 aromatic carbocycles. The van der Waals surface area contributed by atoms with E-state index in [9.17, 15) is 9.59 Å². The van der Waals surface area contributed by atoms with Crippen molar-refractivity contribution in [2.45, 2.75) is 26.7 Å². The predicted octanol–water partition coefficient (Wildman–Crippen LogP) is 4.43. The summed E-state index contributed by atoms with van der Waals surface area (Å²) in [6.45, 7) is 5.67. The van der Waals surface area contributed by atoms with E-state index in [0.717, 1.165) is 24.0 Å². The van der Waals surface area contributed by atoms with Crippen LogP contribution in [0, 0.1) is 5.41 Å². The molecule has 6 nitrogen and oxygen atoms in total. The molecule has 1 saturated heterocycles. The number of rotatable bonds is 3. The molecule has 30 heavy (non-hydrogen) atoms. The number of piperidine rings is 1. The Kier molecular flexibility index (Phi) is 5.64. The van der Waals surface area contributed by atoms with E-state index in [1.54, 1.807) is 30.5 Å². The highest BCUT2D eigenvalue weighted by atomic mass is 35.5. The Morgan fingerprint density at radius 2 is 1.77 bits per heavy atom. The standard InChI is InChI=1S/C22H23Cl2N3O3/c1-22(2)3-5-26(6-4-22)19(28)12-27-20(29)13-30-18-9-15(11-25-21(18)27)14-7-16(23)10-17(24)8-14/h7-11H,3-6,12-13H2,1-2H3. The molecule has 2 amide bonds. The summed E-state index contributed by atoms with van der Waals surface area (Å²) in [5.74, 6) is 0.461. The van der Waals surface area contributed by atoms with Gasteiger partial charge in [-0.25, -0.2) is 4.98 Å². The molecule has 0 bridgehead atoms. The lowest BCUT2D eigenvalue weighted by atomic mass is 9.83. The molecule has 0 atom stereocenters. The zero-order valence-corrected chi connectivity index (χ0v) is 18.5. The van der Waals surface area contributed by atoms with Gasteiger partial charge in [0.1, 0.15) is 6.54 Å². The van der Waals surface area contributed by atoms with Gasteiger partial charge < -0.3 is 9.64 Å². The van der Waals surface area contributed by atoms with Crippen LogP contribution in [0.1, 0.15) is 26.7 Å². The van der Waals surface area contributed by atoms with E-state index in [1.807, 2.05) is 4.90 Å². The Labute approximate surface area is 185 Å². The number of carbonyl (C=O) groups is 2. The molecule has 0 radical (unpaired) electrons. The molecule has 0 saturated carbocycles. The number of amides is 2. The van der Waals surface area contributed by atoms with Crippen molar-refractivity contribution < 1.29 is 14.3 Å². The number of nitrogens with zero attached hydrogens (tertiary/aromatic N) is 3. The number of ether oxygens (including phenoxy) is 1. The molecule has 1 fully saturated rings. The highest BCUT2D eigenvalue weighted by Gasteiger charge is 2.33. The summed E-state index contributed by atoms with van der Waals surface area (Å²) in [7, 11) is 0. The third-order valence-electron chi connectivity index (χ3n) is 5.70. The minimum atomic E-state index is -0.278. The van der Waals surface area contributed by atoms with Gasteiger partial charge in [-0.2, -0.15) is 0 Å². The Morgan fingerprint density at radius 1 is 1.10 bits per heavy atom. The molecule has 0 N–H and O–H groups in total. The number of pyridine rings is 1. The molecule has 2 aliphatic heterocycles. The lowest BCUT2D eigenvalue weighted by Gasteiger charge is -2.38. The maximum Gasteiger partial charge on any atom is 0.266 e. The minimum absolute atomic E-state index is 0.0367. The van der Waals surface area contributed by atoms with Crippen molar-refractivity contribution in [3.05, 3.63) is 40.5 Å². The second-order valence-electron chi connectivity index (χ2n) is 8.52. The van der Waals surface area contributed by atoms with Crippen LogP contribution in [-0.2, 0) is 9.59 Å². The fraction of sp³-hybridized carbons (Fsp3) is 0.409. The van der Waals surface area contributed by atoms with Crippen molar-refractivity contribution in [1.29, 1.82) is 0 Å². The summed E-state index contributed by atoms with van der Waals surface area (Å²) >= 11 is 12.2. The quantitative estimate of drug-likeness (QED) is 0.697. The third kappa shape index (κ3) is 4.40. The first-order valence-electron chi connectivity index (χ1n) is 9.89. The largest absolute Gasteiger partial charge is 0.480 e. The molecule has 0 spiro atoms. The van der Waals surface area contributed by atoms with Crippen LogP contribution in [0.5, 0.6) is 5.75 Å². The zero-order chi connectivity index (χ0) is 21.5. The van der Waals surface area contributed by atoms with Gasteiger partial charge in [-0.1, -0.05) is 37.0 Å². The van der Waals surface area contributed by atoms with Crippen LogP contribution < -0.4 is 9.64 Å². The molecule has 1 aromatic heterocycles. The monoisotopic (exact) mass is 447 g/mol. The van der Waals surface area contributed by atoms with Gasteiger partial charge in [-0.15, -0.1) is 0 Å². The van der Waals surface area contributed by atoms with Gasteiger partial charge in [0.2, 0.25) is 5.91 Å². The maximum atomic E-state index is 12.8. The fourth-order valence-corrected chi connectivity index (χ4v) is 4.25. The van der Waals surface area contributed by atoms with Crippen molar-refractivity contribution in [2.75, 3.05) is 31.1 Å². The Bertz CT molecular complexity index is 979. The molecule has 3 heterocycles. The number of benzene rings is 1. The van der Waals surface area contributed by atoms with Crippen LogP contribution in [0.15, 0.2) is 30.5 Å². The number of hydrogen-bond donors (Lipinski definition) is 0. The minimum Gasteiger partial charge on any atom is -0.480 e. The summed E-state index contributed by atoms with van der Waals surface area (Å²) in [6.07, 6.45) is 3.54. The summed E-state index contributed by atoms with van der Waals surface area (Å²) in [6, 6.07) is 7.01. The first-order chi connectivity index (χ1) is 14.2. The number of likely N-dealkylation sites (tertiary alicyclic amines) is 1. The van der Waals surface area contributed by atoms with E-state index in [1.165, 1.54) is 4.90 Å². The second kappa shape index (κ2) is 8.08. The van der Waals surface area contributed by atoms with Gasteiger partial charge in [-0.05, 0) is 48.1 Å². The molecule has 0 aliphatic carbocycles. The molecule has 4 rings (SSSR count). The normalized spacial score (nSPS) is 18.1. The first-order valence-corrected chi connectivity index (χ1v) is 10.6. The van der Waals surface area contributed by atoms with Crippen LogP contribution in [0.4, 0.5) is 5.82 Å². The molecule has 2 aromatic rings. The molecule has 0 unspecified atom stereocenters. The molecule has 8 heteroatoms. The lowest BCUT2D eigenvalue weighted by Crippen LogP contribution is -2.49. The van der Waals surface area contributed by atoms with Gasteiger partial charge in [0.15, 0.2) is 18.2 Å².